The van der Waals surface area contributed by atoms with Crippen molar-refractivity contribution < 1.29 is 8.78 Å². The fraction of sp³-hybridized carbons (Fsp3) is 0.625. The number of hydrogen-bond acceptors (Lipinski definition) is 2. The van der Waals surface area contributed by atoms with E-state index in [2.05, 4.69) is 10.4 Å². The number of hydrogen-bond donors (Lipinski definition) is 1. The van der Waals surface area contributed by atoms with Crippen molar-refractivity contribution in [2.75, 3.05) is 13.1 Å². The van der Waals surface area contributed by atoms with Gasteiger partial charge in [0.05, 0.1) is 6.54 Å². The van der Waals surface area contributed by atoms with Crippen molar-refractivity contribution in [3.05, 3.63) is 18.5 Å². The van der Waals surface area contributed by atoms with E-state index in [9.17, 15) is 8.78 Å². The van der Waals surface area contributed by atoms with E-state index >= 15 is 0 Å². The van der Waals surface area contributed by atoms with Gasteiger partial charge in [0.15, 0.2) is 0 Å². The maximum absolute atomic E-state index is 13.3. The Bertz CT molecular complexity index is 271. The Morgan fingerprint density at radius 2 is 2.38 bits per heavy atom. The summed E-state index contributed by atoms with van der Waals surface area (Å²) in [4.78, 5) is 0. The van der Waals surface area contributed by atoms with E-state index in [0.717, 1.165) is 0 Å². The van der Waals surface area contributed by atoms with Crippen LogP contribution in [-0.4, -0.2) is 28.8 Å². The van der Waals surface area contributed by atoms with Gasteiger partial charge in [0.1, 0.15) is 6.04 Å². The van der Waals surface area contributed by atoms with Crippen molar-refractivity contribution in [1.82, 2.24) is 15.1 Å². The van der Waals surface area contributed by atoms with Gasteiger partial charge in [-0.05, 0) is 19.0 Å². The van der Waals surface area contributed by atoms with Gasteiger partial charge < -0.3 is 5.32 Å². The second-order valence-corrected chi connectivity index (χ2v) is 3.23. The molecule has 1 aromatic heterocycles. The summed E-state index contributed by atoms with van der Waals surface area (Å²) in [5.41, 5.74) is 0. The third-order valence-corrected chi connectivity index (χ3v) is 2.29. The number of nitrogens with one attached hydrogen (secondary N) is 1. The van der Waals surface area contributed by atoms with Crippen molar-refractivity contribution in [2.45, 2.75) is 18.4 Å². The monoisotopic (exact) mass is 187 g/mol. The molecular formula is C8H11F2N3. The summed E-state index contributed by atoms with van der Waals surface area (Å²) in [6.07, 6.45) is 3.54. The minimum atomic E-state index is -2.69. The zero-order valence-corrected chi connectivity index (χ0v) is 7.08. The molecule has 0 radical (unpaired) electrons. The Morgan fingerprint density at radius 1 is 1.54 bits per heavy atom. The summed E-state index contributed by atoms with van der Waals surface area (Å²) >= 11 is 0. The molecule has 1 atom stereocenters. The summed E-state index contributed by atoms with van der Waals surface area (Å²) in [5, 5.41) is 6.52. The molecular weight excluding hydrogens is 176 g/mol. The molecule has 1 aliphatic rings. The first-order chi connectivity index (χ1) is 6.20. The van der Waals surface area contributed by atoms with E-state index in [4.69, 9.17) is 0 Å². The smallest absolute Gasteiger partial charge is 0.282 e. The van der Waals surface area contributed by atoms with Crippen LogP contribution < -0.4 is 5.32 Å². The van der Waals surface area contributed by atoms with E-state index in [0.29, 0.717) is 13.0 Å². The number of halogens is 2. The van der Waals surface area contributed by atoms with E-state index < -0.39 is 12.0 Å². The third-order valence-electron chi connectivity index (χ3n) is 2.29. The van der Waals surface area contributed by atoms with Gasteiger partial charge in [0, 0.05) is 12.4 Å². The molecule has 72 valence electrons. The predicted octanol–water partition coefficient (Wildman–Crippen LogP) is 1.05. The lowest BCUT2D eigenvalue weighted by Gasteiger charge is -2.31. The van der Waals surface area contributed by atoms with Gasteiger partial charge >= 0.3 is 0 Å². The molecule has 1 saturated heterocycles. The number of alkyl halides is 2. The third kappa shape index (κ3) is 1.56. The summed E-state index contributed by atoms with van der Waals surface area (Å²) < 4.78 is 28.0. The Labute approximate surface area is 74.7 Å². The fourth-order valence-electron chi connectivity index (χ4n) is 1.61. The molecule has 0 aliphatic carbocycles. The van der Waals surface area contributed by atoms with Crippen LogP contribution in [0.15, 0.2) is 18.5 Å². The van der Waals surface area contributed by atoms with E-state index in [-0.39, 0.29) is 6.54 Å². The Balaban J connectivity index is 2.21. The predicted molar refractivity (Wildman–Crippen MR) is 43.7 cm³/mol. The fourth-order valence-corrected chi connectivity index (χ4v) is 1.61. The molecule has 2 heterocycles. The van der Waals surface area contributed by atoms with Crippen molar-refractivity contribution in [2.24, 2.45) is 0 Å². The summed E-state index contributed by atoms with van der Waals surface area (Å²) in [5.74, 6) is -2.69. The van der Waals surface area contributed by atoms with E-state index in [1.165, 1.54) is 10.9 Å². The van der Waals surface area contributed by atoms with Crippen LogP contribution in [-0.2, 0) is 0 Å². The highest BCUT2D eigenvalue weighted by atomic mass is 19.3. The number of rotatable bonds is 1. The molecule has 0 aromatic carbocycles. The highest BCUT2D eigenvalue weighted by molar-refractivity contribution is 4.91. The van der Waals surface area contributed by atoms with Crippen LogP contribution in [0.2, 0.25) is 0 Å². The van der Waals surface area contributed by atoms with Gasteiger partial charge in [-0.1, -0.05) is 0 Å². The molecule has 0 amide bonds. The van der Waals surface area contributed by atoms with Crippen molar-refractivity contribution in [3.8, 4) is 0 Å². The van der Waals surface area contributed by atoms with E-state index in [1.54, 1.807) is 12.3 Å². The van der Waals surface area contributed by atoms with Crippen LogP contribution in [0.4, 0.5) is 8.78 Å². The molecule has 13 heavy (non-hydrogen) atoms. The second-order valence-electron chi connectivity index (χ2n) is 3.23. The summed E-state index contributed by atoms with van der Waals surface area (Å²) in [7, 11) is 0. The van der Waals surface area contributed by atoms with Crippen molar-refractivity contribution in [3.63, 3.8) is 0 Å². The van der Waals surface area contributed by atoms with Crippen LogP contribution in [0, 0.1) is 0 Å². The van der Waals surface area contributed by atoms with Gasteiger partial charge in [-0.15, -0.1) is 0 Å². The average molecular weight is 187 g/mol. The van der Waals surface area contributed by atoms with E-state index in [1.807, 2.05) is 0 Å². The van der Waals surface area contributed by atoms with Gasteiger partial charge in [-0.2, -0.15) is 5.10 Å². The zero-order chi connectivity index (χ0) is 9.31. The first-order valence-electron chi connectivity index (χ1n) is 4.28. The van der Waals surface area contributed by atoms with Crippen LogP contribution in [0.25, 0.3) is 0 Å². The molecule has 2 rings (SSSR count). The molecule has 0 spiro atoms. The Kier molecular flexibility index (Phi) is 2.03. The summed E-state index contributed by atoms with van der Waals surface area (Å²) in [6.45, 7) is 0.373. The normalized spacial score (nSPS) is 27.4. The SMILES string of the molecule is FC1(F)CNCCC1n1cccn1. The Morgan fingerprint density at radius 3 is 3.00 bits per heavy atom. The highest BCUT2D eigenvalue weighted by Crippen LogP contribution is 2.32. The lowest BCUT2D eigenvalue weighted by atomic mass is 10.0. The molecule has 5 heteroatoms. The number of nitrogens with zero attached hydrogens (tertiary/aromatic N) is 2. The molecule has 0 saturated carbocycles. The molecule has 1 aliphatic heterocycles. The molecule has 3 nitrogen and oxygen atoms in total. The first kappa shape index (κ1) is 8.62. The average Bonchev–Trinajstić information content (AvgIpc) is 2.55. The molecule has 0 bridgehead atoms. The van der Waals surface area contributed by atoms with Crippen LogP contribution in [0.1, 0.15) is 12.5 Å². The number of piperidine rings is 1. The van der Waals surface area contributed by atoms with Crippen LogP contribution in [0.3, 0.4) is 0 Å². The second kappa shape index (κ2) is 3.06. The van der Waals surface area contributed by atoms with Gasteiger partial charge in [-0.25, -0.2) is 8.78 Å². The maximum Gasteiger partial charge on any atom is 0.282 e. The standard InChI is InChI=1S/C8H11F2N3/c9-8(10)6-11-4-2-7(8)13-5-1-3-12-13/h1,3,5,7,11H,2,4,6H2. The zero-order valence-electron chi connectivity index (χ0n) is 7.08. The minimum Gasteiger partial charge on any atom is -0.311 e. The van der Waals surface area contributed by atoms with Gasteiger partial charge in [0.2, 0.25) is 0 Å². The maximum atomic E-state index is 13.3. The largest absolute Gasteiger partial charge is 0.311 e. The van der Waals surface area contributed by atoms with Gasteiger partial charge in [-0.3, -0.25) is 4.68 Å². The first-order valence-corrected chi connectivity index (χ1v) is 4.28. The molecule has 1 aromatic rings. The lowest BCUT2D eigenvalue weighted by Crippen LogP contribution is -2.47. The van der Waals surface area contributed by atoms with Crippen molar-refractivity contribution >= 4 is 0 Å². The summed E-state index contributed by atoms with van der Waals surface area (Å²) in [6, 6.07) is 0.877. The van der Waals surface area contributed by atoms with Crippen molar-refractivity contribution in [1.29, 1.82) is 0 Å². The quantitative estimate of drug-likeness (QED) is 0.712. The van der Waals surface area contributed by atoms with Crippen LogP contribution >= 0.6 is 0 Å². The Hall–Kier alpha value is -0.970. The highest BCUT2D eigenvalue weighted by Gasteiger charge is 2.42. The van der Waals surface area contributed by atoms with Crippen LogP contribution in [0.5, 0.6) is 0 Å². The lowest BCUT2D eigenvalue weighted by molar-refractivity contribution is -0.0697. The molecule has 1 N–H and O–H groups in total. The topological polar surface area (TPSA) is 29.9 Å². The molecule has 1 fully saturated rings. The molecule has 1 unspecified atom stereocenters. The number of aromatic nitrogens is 2. The minimum absolute atomic E-state index is 0.252. The van der Waals surface area contributed by atoms with Gasteiger partial charge in [0.25, 0.3) is 5.92 Å².